The molecule has 3 nitrogen and oxygen atoms in total. The molecule has 0 aliphatic heterocycles. The van der Waals surface area contributed by atoms with Gasteiger partial charge in [-0.15, -0.1) is 0 Å². The lowest BCUT2D eigenvalue weighted by atomic mass is 9.80. The highest BCUT2D eigenvalue weighted by molar-refractivity contribution is 5.42. The highest BCUT2D eigenvalue weighted by Gasteiger charge is 2.24. The van der Waals surface area contributed by atoms with E-state index in [-0.39, 0.29) is 0 Å². The number of hydrogen-bond acceptors (Lipinski definition) is 2. The first-order valence-corrected chi connectivity index (χ1v) is 7.57. The van der Waals surface area contributed by atoms with Crippen molar-refractivity contribution in [2.24, 2.45) is 11.8 Å². The number of rotatable bonds is 3. The van der Waals surface area contributed by atoms with Crippen molar-refractivity contribution in [3.05, 3.63) is 42.7 Å². The van der Waals surface area contributed by atoms with E-state index in [1.165, 1.54) is 19.3 Å². The molecular formula is C17H23N3. The molecule has 3 rings (SSSR count). The Labute approximate surface area is 121 Å². The summed E-state index contributed by atoms with van der Waals surface area (Å²) >= 11 is 0. The molecule has 1 saturated carbocycles. The van der Waals surface area contributed by atoms with Crippen molar-refractivity contribution in [1.82, 2.24) is 9.55 Å². The number of anilines is 1. The van der Waals surface area contributed by atoms with E-state index in [1.807, 2.05) is 18.5 Å². The van der Waals surface area contributed by atoms with Crippen molar-refractivity contribution in [1.29, 1.82) is 0 Å². The Morgan fingerprint density at radius 2 is 1.75 bits per heavy atom. The monoisotopic (exact) mass is 269 g/mol. The third-order valence-corrected chi connectivity index (χ3v) is 4.19. The SMILES string of the molecule is CC1CC(C)CC(Nc2nccn2-c2ccccc2)C1. The Kier molecular flexibility index (Phi) is 3.77. The first-order valence-electron chi connectivity index (χ1n) is 7.57. The van der Waals surface area contributed by atoms with E-state index in [0.717, 1.165) is 23.5 Å². The molecule has 0 saturated heterocycles. The van der Waals surface area contributed by atoms with Crippen molar-refractivity contribution < 1.29 is 0 Å². The maximum atomic E-state index is 4.49. The van der Waals surface area contributed by atoms with E-state index in [9.17, 15) is 0 Å². The number of nitrogens with one attached hydrogen (secondary N) is 1. The molecule has 0 bridgehead atoms. The second-order valence-electron chi connectivity index (χ2n) is 6.22. The minimum absolute atomic E-state index is 0.540. The topological polar surface area (TPSA) is 29.9 Å². The normalized spacial score (nSPS) is 26.4. The summed E-state index contributed by atoms with van der Waals surface area (Å²) in [5.74, 6) is 2.57. The summed E-state index contributed by atoms with van der Waals surface area (Å²) in [5.41, 5.74) is 1.16. The fraction of sp³-hybridized carbons (Fsp3) is 0.471. The molecule has 106 valence electrons. The summed E-state index contributed by atoms with van der Waals surface area (Å²) in [7, 11) is 0. The van der Waals surface area contributed by atoms with Crippen LogP contribution in [0.4, 0.5) is 5.95 Å². The molecule has 1 fully saturated rings. The van der Waals surface area contributed by atoms with E-state index >= 15 is 0 Å². The molecule has 1 aliphatic carbocycles. The smallest absolute Gasteiger partial charge is 0.207 e. The molecule has 0 spiro atoms. The zero-order valence-corrected chi connectivity index (χ0v) is 12.3. The predicted octanol–water partition coefficient (Wildman–Crippen LogP) is 4.11. The van der Waals surface area contributed by atoms with Gasteiger partial charge in [-0.1, -0.05) is 32.0 Å². The quantitative estimate of drug-likeness (QED) is 0.908. The van der Waals surface area contributed by atoms with Crippen LogP contribution in [0.1, 0.15) is 33.1 Å². The maximum absolute atomic E-state index is 4.49. The van der Waals surface area contributed by atoms with E-state index < -0.39 is 0 Å². The Morgan fingerprint density at radius 1 is 1.05 bits per heavy atom. The molecule has 1 aliphatic rings. The molecule has 1 aromatic heterocycles. The first-order chi connectivity index (χ1) is 9.72. The Morgan fingerprint density at radius 3 is 2.45 bits per heavy atom. The molecule has 0 radical (unpaired) electrons. The predicted molar refractivity (Wildman–Crippen MR) is 83.2 cm³/mol. The fourth-order valence-electron chi connectivity index (χ4n) is 3.45. The van der Waals surface area contributed by atoms with Gasteiger partial charge in [0.25, 0.3) is 0 Å². The van der Waals surface area contributed by atoms with Crippen molar-refractivity contribution in [2.75, 3.05) is 5.32 Å². The molecule has 2 atom stereocenters. The van der Waals surface area contributed by atoms with Gasteiger partial charge in [0.2, 0.25) is 5.95 Å². The van der Waals surface area contributed by atoms with Crippen molar-refractivity contribution in [2.45, 2.75) is 39.2 Å². The van der Waals surface area contributed by atoms with Gasteiger partial charge < -0.3 is 5.32 Å². The van der Waals surface area contributed by atoms with E-state index in [1.54, 1.807) is 0 Å². The zero-order chi connectivity index (χ0) is 13.9. The molecular weight excluding hydrogens is 246 g/mol. The lowest BCUT2D eigenvalue weighted by Gasteiger charge is -2.32. The van der Waals surface area contributed by atoms with Crippen molar-refractivity contribution in [3.8, 4) is 5.69 Å². The fourth-order valence-corrected chi connectivity index (χ4v) is 3.45. The molecule has 2 unspecified atom stereocenters. The van der Waals surface area contributed by atoms with Crippen LogP contribution in [0.2, 0.25) is 0 Å². The molecule has 1 N–H and O–H groups in total. The number of nitrogens with zero attached hydrogens (tertiary/aromatic N) is 2. The lowest BCUT2D eigenvalue weighted by molar-refractivity contribution is 0.280. The number of aromatic nitrogens is 2. The van der Waals surface area contributed by atoms with Crippen LogP contribution in [0.3, 0.4) is 0 Å². The standard InChI is InChI=1S/C17H23N3/c1-13-10-14(2)12-15(11-13)19-17-18-8-9-20(17)16-6-4-3-5-7-16/h3-9,13-15H,10-12H2,1-2H3,(H,18,19). The van der Waals surface area contributed by atoms with Crippen molar-refractivity contribution >= 4 is 5.95 Å². The molecule has 20 heavy (non-hydrogen) atoms. The number of imidazole rings is 1. The molecule has 1 aromatic carbocycles. The zero-order valence-electron chi connectivity index (χ0n) is 12.3. The summed E-state index contributed by atoms with van der Waals surface area (Å²) in [6, 6.07) is 10.9. The molecule has 2 aromatic rings. The summed E-state index contributed by atoms with van der Waals surface area (Å²) < 4.78 is 2.13. The van der Waals surface area contributed by atoms with Gasteiger partial charge in [-0.3, -0.25) is 4.57 Å². The average molecular weight is 269 g/mol. The molecule has 0 amide bonds. The summed E-state index contributed by atoms with van der Waals surface area (Å²) in [6.45, 7) is 4.71. The molecule has 1 heterocycles. The summed E-state index contributed by atoms with van der Waals surface area (Å²) in [6.07, 6.45) is 7.72. The van der Waals surface area contributed by atoms with Gasteiger partial charge in [0, 0.05) is 24.1 Å². The minimum Gasteiger partial charge on any atom is -0.353 e. The van der Waals surface area contributed by atoms with Gasteiger partial charge in [-0.2, -0.15) is 0 Å². The first kappa shape index (κ1) is 13.2. The van der Waals surface area contributed by atoms with Crippen LogP contribution in [0, 0.1) is 11.8 Å². The third-order valence-electron chi connectivity index (χ3n) is 4.19. The van der Waals surface area contributed by atoms with Crippen molar-refractivity contribution in [3.63, 3.8) is 0 Å². The average Bonchev–Trinajstić information content (AvgIpc) is 2.86. The largest absolute Gasteiger partial charge is 0.353 e. The Hall–Kier alpha value is -1.77. The number of para-hydroxylation sites is 1. The van der Waals surface area contributed by atoms with Gasteiger partial charge in [0.15, 0.2) is 0 Å². The van der Waals surface area contributed by atoms with E-state index in [4.69, 9.17) is 0 Å². The lowest BCUT2D eigenvalue weighted by Crippen LogP contribution is -2.31. The van der Waals surface area contributed by atoms with Gasteiger partial charge in [0.1, 0.15) is 0 Å². The number of benzene rings is 1. The summed E-state index contributed by atoms with van der Waals surface area (Å²) in [4.78, 5) is 4.49. The van der Waals surface area contributed by atoms with Crippen LogP contribution in [0.15, 0.2) is 42.7 Å². The van der Waals surface area contributed by atoms with E-state index in [2.05, 4.69) is 53.0 Å². The van der Waals surface area contributed by atoms with Crippen LogP contribution in [0.25, 0.3) is 5.69 Å². The second-order valence-corrected chi connectivity index (χ2v) is 6.22. The van der Waals surface area contributed by atoms with E-state index in [0.29, 0.717) is 6.04 Å². The van der Waals surface area contributed by atoms with Gasteiger partial charge in [-0.05, 0) is 43.2 Å². The van der Waals surface area contributed by atoms with Gasteiger partial charge >= 0.3 is 0 Å². The summed E-state index contributed by atoms with van der Waals surface area (Å²) in [5, 5.41) is 3.64. The Bertz CT molecular complexity index is 536. The van der Waals surface area contributed by atoms with Crippen LogP contribution in [-0.2, 0) is 0 Å². The van der Waals surface area contributed by atoms with Crippen LogP contribution in [0.5, 0.6) is 0 Å². The highest BCUT2D eigenvalue weighted by atomic mass is 15.2. The van der Waals surface area contributed by atoms with Crippen LogP contribution in [-0.4, -0.2) is 15.6 Å². The van der Waals surface area contributed by atoms with Gasteiger partial charge in [-0.25, -0.2) is 4.98 Å². The maximum Gasteiger partial charge on any atom is 0.207 e. The second kappa shape index (κ2) is 5.70. The molecule has 3 heteroatoms. The Balaban J connectivity index is 1.77. The van der Waals surface area contributed by atoms with Gasteiger partial charge in [0.05, 0.1) is 0 Å². The van der Waals surface area contributed by atoms with Crippen LogP contribution < -0.4 is 5.32 Å². The number of hydrogen-bond donors (Lipinski definition) is 1. The van der Waals surface area contributed by atoms with Crippen LogP contribution >= 0.6 is 0 Å². The third kappa shape index (κ3) is 2.87. The highest BCUT2D eigenvalue weighted by Crippen LogP contribution is 2.30. The minimum atomic E-state index is 0.540.